The molecule has 0 spiro atoms. The first kappa shape index (κ1) is 10.8. The number of aromatic nitrogens is 1. The summed E-state index contributed by atoms with van der Waals surface area (Å²) in [5, 5.41) is 0. The van der Waals surface area contributed by atoms with Crippen LogP contribution in [0.15, 0.2) is 16.9 Å². The highest BCUT2D eigenvalue weighted by Gasteiger charge is 2.17. The van der Waals surface area contributed by atoms with Crippen LogP contribution in [-0.2, 0) is 0 Å². The maximum absolute atomic E-state index is 13.3. The van der Waals surface area contributed by atoms with Crippen LogP contribution < -0.4 is 10.6 Å². The maximum atomic E-state index is 13.3. The lowest BCUT2D eigenvalue weighted by Crippen LogP contribution is -2.42. The standard InChI is InChI=1S/C10H13BrFN3/c11-10-9(12)4-8(5-14-10)15-3-1-2-7(13)6-15/h4-5,7H,1-3,6,13H2/t7-/m1/s1. The molecule has 2 rings (SSSR count). The van der Waals surface area contributed by atoms with E-state index in [9.17, 15) is 4.39 Å². The summed E-state index contributed by atoms with van der Waals surface area (Å²) >= 11 is 3.04. The van der Waals surface area contributed by atoms with E-state index in [2.05, 4.69) is 25.8 Å². The number of hydrogen-bond acceptors (Lipinski definition) is 3. The van der Waals surface area contributed by atoms with Gasteiger partial charge in [0.05, 0.1) is 11.9 Å². The van der Waals surface area contributed by atoms with E-state index in [1.807, 2.05) is 0 Å². The van der Waals surface area contributed by atoms with Crippen LogP contribution in [0.2, 0.25) is 0 Å². The van der Waals surface area contributed by atoms with Crippen molar-refractivity contribution >= 4 is 21.6 Å². The maximum Gasteiger partial charge on any atom is 0.158 e. The van der Waals surface area contributed by atoms with Gasteiger partial charge >= 0.3 is 0 Å². The van der Waals surface area contributed by atoms with Gasteiger partial charge in [0.15, 0.2) is 5.82 Å². The van der Waals surface area contributed by atoms with Crippen LogP contribution in [0.3, 0.4) is 0 Å². The van der Waals surface area contributed by atoms with E-state index >= 15 is 0 Å². The Kier molecular flexibility index (Phi) is 3.21. The van der Waals surface area contributed by atoms with E-state index in [0.29, 0.717) is 0 Å². The van der Waals surface area contributed by atoms with Gasteiger partial charge in [0.25, 0.3) is 0 Å². The number of anilines is 1. The first-order chi connectivity index (χ1) is 7.16. The molecule has 1 saturated heterocycles. The Balaban J connectivity index is 2.18. The molecule has 0 radical (unpaired) electrons. The molecule has 1 aromatic rings. The molecule has 0 aromatic carbocycles. The topological polar surface area (TPSA) is 42.1 Å². The molecule has 0 bridgehead atoms. The third kappa shape index (κ3) is 2.46. The van der Waals surface area contributed by atoms with Crippen molar-refractivity contribution < 1.29 is 4.39 Å². The first-order valence-electron chi connectivity index (χ1n) is 4.98. The number of hydrogen-bond donors (Lipinski definition) is 1. The summed E-state index contributed by atoms with van der Waals surface area (Å²) in [6.07, 6.45) is 3.77. The normalized spacial score (nSPS) is 21.8. The van der Waals surface area contributed by atoms with E-state index in [4.69, 9.17) is 5.73 Å². The van der Waals surface area contributed by atoms with Crippen LogP contribution in [-0.4, -0.2) is 24.1 Å². The van der Waals surface area contributed by atoms with Crippen molar-refractivity contribution in [2.24, 2.45) is 5.73 Å². The number of nitrogens with two attached hydrogens (primary N) is 1. The van der Waals surface area contributed by atoms with Crippen LogP contribution >= 0.6 is 15.9 Å². The zero-order chi connectivity index (χ0) is 10.8. The number of nitrogens with zero attached hydrogens (tertiary/aromatic N) is 2. The second-order valence-corrected chi connectivity index (χ2v) is 4.57. The zero-order valence-electron chi connectivity index (χ0n) is 8.29. The molecule has 3 nitrogen and oxygen atoms in total. The molecule has 2 heterocycles. The van der Waals surface area contributed by atoms with Crippen molar-refractivity contribution in [3.8, 4) is 0 Å². The molecular formula is C10H13BrFN3. The minimum Gasteiger partial charge on any atom is -0.369 e. The van der Waals surface area contributed by atoms with Crippen molar-refractivity contribution in [3.63, 3.8) is 0 Å². The molecule has 2 N–H and O–H groups in total. The lowest BCUT2D eigenvalue weighted by molar-refractivity contribution is 0.504. The van der Waals surface area contributed by atoms with Crippen molar-refractivity contribution in [1.82, 2.24) is 4.98 Å². The van der Waals surface area contributed by atoms with Gasteiger partial charge in [0.2, 0.25) is 0 Å². The van der Waals surface area contributed by atoms with Crippen molar-refractivity contribution in [2.45, 2.75) is 18.9 Å². The van der Waals surface area contributed by atoms with Crippen LogP contribution in [0.1, 0.15) is 12.8 Å². The van der Waals surface area contributed by atoms with E-state index in [-0.39, 0.29) is 16.5 Å². The quantitative estimate of drug-likeness (QED) is 0.795. The van der Waals surface area contributed by atoms with Gasteiger partial charge in [-0.25, -0.2) is 9.37 Å². The molecule has 1 aliphatic rings. The van der Waals surface area contributed by atoms with Gasteiger partial charge in [0.1, 0.15) is 4.60 Å². The van der Waals surface area contributed by atoms with Crippen molar-refractivity contribution in [3.05, 3.63) is 22.7 Å². The average molecular weight is 274 g/mol. The monoisotopic (exact) mass is 273 g/mol. The van der Waals surface area contributed by atoms with Crippen molar-refractivity contribution in [2.75, 3.05) is 18.0 Å². The highest BCUT2D eigenvalue weighted by atomic mass is 79.9. The fourth-order valence-electron chi connectivity index (χ4n) is 1.83. The molecule has 82 valence electrons. The second-order valence-electron chi connectivity index (χ2n) is 3.81. The predicted octanol–water partition coefficient (Wildman–Crippen LogP) is 1.91. The molecular weight excluding hydrogens is 261 g/mol. The summed E-state index contributed by atoms with van der Waals surface area (Å²) < 4.78 is 13.5. The first-order valence-corrected chi connectivity index (χ1v) is 5.77. The molecule has 1 aliphatic heterocycles. The Bertz CT molecular complexity index is 359. The van der Waals surface area contributed by atoms with Crippen LogP contribution in [0.25, 0.3) is 0 Å². The van der Waals surface area contributed by atoms with Gasteiger partial charge in [-0.05, 0) is 28.8 Å². The second kappa shape index (κ2) is 4.45. The summed E-state index contributed by atoms with van der Waals surface area (Å²) in [6.45, 7) is 1.71. The molecule has 15 heavy (non-hydrogen) atoms. The smallest absolute Gasteiger partial charge is 0.158 e. The van der Waals surface area contributed by atoms with E-state index < -0.39 is 0 Å². The number of halogens is 2. The summed E-state index contributed by atoms with van der Waals surface area (Å²) in [7, 11) is 0. The summed E-state index contributed by atoms with van der Waals surface area (Å²) in [6, 6.07) is 1.68. The molecule has 0 amide bonds. The average Bonchev–Trinajstić information content (AvgIpc) is 2.22. The van der Waals surface area contributed by atoms with E-state index in [0.717, 1.165) is 31.6 Å². The number of pyridine rings is 1. The fraction of sp³-hybridized carbons (Fsp3) is 0.500. The Morgan fingerprint density at radius 1 is 1.60 bits per heavy atom. The van der Waals surface area contributed by atoms with Gasteiger partial charge in [-0.15, -0.1) is 0 Å². The van der Waals surface area contributed by atoms with Gasteiger partial charge in [-0.1, -0.05) is 0 Å². The van der Waals surface area contributed by atoms with E-state index in [1.54, 1.807) is 6.20 Å². The number of rotatable bonds is 1. The lowest BCUT2D eigenvalue weighted by Gasteiger charge is -2.32. The minimum absolute atomic E-state index is 0.186. The molecule has 1 aromatic heterocycles. The Morgan fingerprint density at radius 2 is 2.40 bits per heavy atom. The Morgan fingerprint density at radius 3 is 3.07 bits per heavy atom. The summed E-state index contributed by atoms with van der Waals surface area (Å²) in [4.78, 5) is 6.02. The van der Waals surface area contributed by atoms with Crippen LogP contribution in [0, 0.1) is 5.82 Å². The fourth-order valence-corrected chi connectivity index (χ4v) is 2.05. The summed E-state index contributed by atoms with van der Waals surface area (Å²) in [5.41, 5.74) is 6.68. The molecule has 1 atom stereocenters. The predicted molar refractivity (Wildman–Crippen MR) is 61.3 cm³/mol. The Hall–Kier alpha value is -0.680. The SMILES string of the molecule is N[C@@H]1CCCN(c2cnc(Br)c(F)c2)C1. The summed E-state index contributed by atoms with van der Waals surface area (Å²) in [5.74, 6) is -0.327. The molecule has 0 unspecified atom stereocenters. The van der Waals surface area contributed by atoms with Gasteiger partial charge < -0.3 is 10.6 Å². The van der Waals surface area contributed by atoms with Gasteiger partial charge in [-0.2, -0.15) is 0 Å². The number of piperidine rings is 1. The molecule has 5 heteroatoms. The third-order valence-electron chi connectivity index (χ3n) is 2.60. The molecule has 0 saturated carbocycles. The van der Waals surface area contributed by atoms with E-state index in [1.165, 1.54) is 6.07 Å². The third-order valence-corrected chi connectivity index (χ3v) is 3.19. The largest absolute Gasteiger partial charge is 0.369 e. The Labute approximate surface area is 96.6 Å². The highest BCUT2D eigenvalue weighted by molar-refractivity contribution is 9.10. The molecule has 1 fully saturated rings. The van der Waals surface area contributed by atoms with Gasteiger partial charge in [0, 0.05) is 25.2 Å². The molecule has 0 aliphatic carbocycles. The highest BCUT2D eigenvalue weighted by Crippen LogP contribution is 2.22. The van der Waals surface area contributed by atoms with Crippen LogP contribution in [0.4, 0.5) is 10.1 Å². The zero-order valence-corrected chi connectivity index (χ0v) is 9.87. The van der Waals surface area contributed by atoms with Gasteiger partial charge in [-0.3, -0.25) is 0 Å². The lowest BCUT2D eigenvalue weighted by atomic mass is 10.1. The van der Waals surface area contributed by atoms with Crippen molar-refractivity contribution in [1.29, 1.82) is 0 Å². The van der Waals surface area contributed by atoms with Crippen LogP contribution in [0.5, 0.6) is 0 Å². The minimum atomic E-state index is -0.327.